The number of hydrogen-bond donors (Lipinski definition) is 0. The van der Waals surface area contributed by atoms with Gasteiger partial charge in [-0.05, 0) is 43.5 Å². The summed E-state index contributed by atoms with van der Waals surface area (Å²) in [5, 5.41) is 0. The number of nitrogens with zero attached hydrogens (tertiary/aromatic N) is 2. The molecule has 0 spiro atoms. The Hall–Kier alpha value is -1.44. The summed E-state index contributed by atoms with van der Waals surface area (Å²) in [6, 6.07) is 4.31. The SMILES string of the molecule is CN=CCC=Nc1cc(C)c(C)cc1C. The minimum atomic E-state index is 0.795. The zero-order chi connectivity index (χ0) is 11.3. The molecule has 0 aliphatic carbocycles. The van der Waals surface area contributed by atoms with Gasteiger partial charge in [0.05, 0.1) is 5.69 Å². The smallest absolute Gasteiger partial charge is 0.0657 e. The molecule has 1 rings (SSSR count). The van der Waals surface area contributed by atoms with Gasteiger partial charge >= 0.3 is 0 Å². The second-order valence-electron chi connectivity index (χ2n) is 3.71. The van der Waals surface area contributed by atoms with E-state index in [4.69, 9.17) is 0 Å². The highest BCUT2D eigenvalue weighted by molar-refractivity contribution is 5.81. The van der Waals surface area contributed by atoms with Gasteiger partial charge in [0.2, 0.25) is 0 Å². The van der Waals surface area contributed by atoms with E-state index in [1.165, 1.54) is 16.7 Å². The molecule has 80 valence electrons. The second kappa shape index (κ2) is 5.44. The fraction of sp³-hybridized carbons (Fsp3) is 0.385. The van der Waals surface area contributed by atoms with Crippen molar-refractivity contribution in [1.29, 1.82) is 0 Å². The Bertz CT molecular complexity index is 390. The number of aryl methyl sites for hydroxylation is 3. The highest BCUT2D eigenvalue weighted by Gasteiger charge is 1.98. The van der Waals surface area contributed by atoms with Crippen molar-refractivity contribution in [2.45, 2.75) is 27.2 Å². The van der Waals surface area contributed by atoms with Crippen LogP contribution in [0.5, 0.6) is 0 Å². The predicted molar refractivity (Wildman–Crippen MR) is 67.8 cm³/mol. The Labute approximate surface area is 91.8 Å². The quantitative estimate of drug-likeness (QED) is 0.671. The van der Waals surface area contributed by atoms with Crippen LogP contribution in [0.1, 0.15) is 23.1 Å². The van der Waals surface area contributed by atoms with Gasteiger partial charge in [-0.1, -0.05) is 6.07 Å². The van der Waals surface area contributed by atoms with E-state index in [0.29, 0.717) is 0 Å². The van der Waals surface area contributed by atoms with E-state index < -0.39 is 0 Å². The molecule has 0 aliphatic rings. The van der Waals surface area contributed by atoms with E-state index in [-0.39, 0.29) is 0 Å². The summed E-state index contributed by atoms with van der Waals surface area (Å²) in [7, 11) is 1.77. The zero-order valence-electron chi connectivity index (χ0n) is 9.91. The maximum Gasteiger partial charge on any atom is 0.0657 e. The Morgan fingerprint density at radius 2 is 1.67 bits per heavy atom. The lowest BCUT2D eigenvalue weighted by Crippen LogP contribution is -1.84. The molecule has 0 radical (unpaired) electrons. The van der Waals surface area contributed by atoms with Crippen LogP contribution in [0.15, 0.2) is 22.1 Å². The van der Waals surface area contributed by atoms with Crippen molar-refractivity contribution >= 4 is 18.1 Å². The highest BCUT2D eigenvalue weighted by atomic mass is 14.7. The van der Waals surface area contributed by atoms with Crippen LogP contribution in [0, 0.1) is 20.8 Å². The predicted octanol–water partition coefficient (Wildman–Crippen LogP) is 3.40. The van der Waals surface area contributed by atoms with Gasteiger partial charge in [-0.3, -0.25) is 4.99 Å². The molecule has 0 saturated carbocycles. The van der Waals surface area contributed by atoms with Crippen LogP contribution in [0.2, 0.25) is 0 Å². The third-order valence-electron chi connectivity index (χ3n) is 2.44. The van der Waals surface area contributed by atoms with Crippen LogP contribution in [0.25, 0.3) is 0 Å². The highest BCUT2D eigenvalue weighted by Crippen LogP contribution is 2.22. The van der Waals surface area contributed by atoms with Gasteiger partial charge in [-0.2, -0.15) is 0 Å². The molecule has 1 aromatic rings. The van der Waals surface area contributed by atoms with Gasteiger partial charge in [0, 0.05) is 25.9 Å². The molecular formula is C13H18N2. The lowest BCUT2D eigenvalue weighted by atomic mass is 10.1. The van der Waals surface area contributed by atoms with Gasteiger partial charge in [0.1, 0.15) is 0 Å². The Morgan fingerprint density at radius 3 is 2.33 bits per heavy atom. The summed E-state index contributed by atoms with van der Waals surface area (Å²) in [6.07, 6.45) is 4.53. The fourth-order valence-corrected chi connectivity index (χ4v) is 1.39. The third kappa shape index (κ3) is 3.31. The number of aliphatic imine (C=N–C) groups is 2. The summed E-state index contributed by atoms with van der Waals surface area (Å²) in [5.74, 6) is 0. The monoisotopic (exact) mass is 202 g/mol. The first kappa shape index (κ1) is 11.6. The summed E-state index contributed by atoms with van der Waals surface area (Å²) in [4.78, 5) is 8.33. The molecule has 0 aromatic heterocycles. The van der Waals surface area contributed by atoms with Crippen LogP contribution in [0.4, 0.5) is 5.69 Å². The van der Waals surface area contributed by atoms with Crippen LogP contribution in [-0.2, 0) is 0 Å². The van der Waals surface area contributed by atoms with Crippen molar-refractivity contribution in [3.8, 4) is 0 Å². The van der Waals surface area contributed by atoms with E-state index in [1.54, 1.807) is 7.05 Å². The molecule has 0 saturated heterocycles. The van der Waals surface area contributed by atoms with Gasteiger partial charge in [-0.15, -0.1) is 0 Å². The lowest BCUT2D eigenvalue weighted by Gasteiger charge is -2.05. The zero-order valence-corrected chi connectivity index (χ0v) is 9.91. The first-order valence-electron chi connectivity index (χ1n) is 5.16. The average Bonchev–Trinajstić information content (AvgIpc) is 2.20. The Morgan fingerprint density at radius 1 is 1.00 bits per heavy atom. The van der Waals surface area contributed by atoms with Crippen molar-refractivity contribution in [2.75, 3.05) is 7.05 Å². The van der Waals surface area contributed by atoms with Crippen molar-refractivity contribution in [3.05, 3.63) is 28.8 Å². The molecule has 1 aromatic carbocycles. The summed E-state index contributed by atoms with van der Waals surface area (Å²) in [6.45, 7) is 6.33. The van der Waals surface area contributed by atoms with Crippen LogP contribution in [-0.4, -0.2) is 19.5 Å². The molecule has 15 heavy (non-hydrogen) atoms. The lowest BCUT2D eigenvalue weighted by molar-refractivity contribution is 1.28. The maximum absolute atomic E-state index is 4.43. The number of hydrogen-bond acceptors (Lipinski definition) is 2. The summed E-state index contributed by atoms with van der Waals surface area (Å²) >= 11 is 0. The number of rotatable bonds is 3. The van der Waals surface area contributed by atoms with Crippen molar-refractivity contribution < 1.29 is 0 Å². The van der Waals surface area contributed by atoms with Crippen LogP contribution < -0.4 is 0 Å². The standard InChI is InChI=1S/C13H18N2/c1-10-8-12(3)13(9-11(10)2)15-7-5-6-14-4/h6-9H,5H2,1-4H3. The molecule has 0 fully saturated rings. The van der Waals surface area contributed by atoms with E-state index in [9.17, 15) is 0 Å². The van der Waals surface area contributed by atoms with Crippen LogP contribution >= 0.6 is 0 Å². The van der Waals surface area contributed by atoms with Gasteiger partial charge < -0.3 is 4.99 Å². The topological polar surface area (TPSA) is 24.7 Å². The minimum Gasteiger partial charge on any atom is -0.300 e. The van der Waals surface area contributed by atoms with Crippen molar-refractivity contribution in [3.63, 3.8) is 0 Å². The van der Waals surface area contributed by atoms with E-state index in [0.717, 1.165) is 12.1 Å². The molecule has 0 N–H and O–H groups in total. The van der Waals surface area contributed by atoms with Crippen molar-refractivity contribution in [2.24, 2.45) is 9.98 Å². The largest absolute Gasteiger partial charge is 0.300 e. The second-order valence-corrected chi connectivity index (χ2v) is 3.71. The Balaban J connectivity index is 2.85. The molecule has 0 bridgehead atoms. The maximum atomic E-state index is 4.43. The summed E-state index contributed by atoms with van der Waals surface area (Å²) < 4.78 is 0. The normalized spacial score (nSPS) is 11.7. The molecule has 0 unspecified atom stereocenters. The van der Waals surface area contributed by atoms with Gasteiger partial charge in [-0.25, -0.2) is 0 Å². The van der Waals surface area contributed by atoms with Crippen molar-refractivity contribution in [1.82, 2.24) is 0 Å². The molecule has 0 atom stereocenters. The fourth-order valence-electron chi connectivity index (χ4n) is 1.39. The molecule has 2 heteroatoms. The molecule has 0 amide bonds. The molecular weight excluding hydrogens is 184 g/mol. The minimum absolute atomic E-state index is 0.795. The first-order chi connectivity index (χ1) is 7.15. The van der Waals surface area contributed by atoms with E-state index in [2.05, 4.69) is 42.9 Å². The van der Waals surface area contributed by atoms with Crippen LogP contribution in [0.3, 0.4) is 0 Å². The first-order valence-corrected chi connectivity index (χ1v) is 5.16. The Kier molecular flexibility index (Phi) is 4.22. The number of benzene rings is 1. The average molecular weight is 202 g/mol. The van der Waals surface area contributed by atoms with E-state index >= 15 is 0 Å². The molecule has 0 heterocycles. The molecule has 0 aliphatic heterocycles. The molecule has 2 nitrogen and oxygen atoms in total. The van der Waals surface area contributed by atoms with Gasteiger partial charge in [0.15, 0.2) is 0 Å². The summed E-state index contributed by atoms with van der Waals surface area (Å²) in [5.41, 5.74) is 4.89. The van der Waals surface area contributed by atoms with E-state index in [1.807, 2.05) is 12.4 Å². The third-order valence-corrected chi connectivity index (χ3v) is 2.44. The van der Waals surface area contributed by atoms with Gasteiger partial charge in [0.25, 0.3) is 0 Å².